The number of hydrogen-bond donors (Lipinski definition) is 0. The lowest BCUT2D eigenvalue weighted by Gasteiger charge is -2.10. The molecule has 0 fully saturated rings. The summed E-state index contributed by atoms with van der Waals surface area (Å²) in [6.45, 7) is 5.89. The van der Waals surface area contributed by atoms with Crippen LogP contribution in [0.25, 0.3) is 5.76 Å². The molecule has 0 saturated carbocycles. The number of carbonyl (C=O) groups excluding carboxylic acids is 2. The monoisotopic (exact) mass is 340 g/mol. The van der Waals surface area contributed by atoms with Gasteiger partial charge in [-0.1, -0.05) is 43.0 Å². The molecule has 0 N–H and O–H groups in total. The predicted octanol–water partition coefficient (Wildman–Crippen LogP) is 3.72. The van der Waals surface area contributed by atoms with Crippen molar-refractivity contribution in [2.24, 2.45) is 0 Å². The first-order valence-corrected chi connectivity index (χ1v) is 7.71. The Morgan fingerprint density at radius 1 is 0.840 bits per heavy atom. The Balaban J connectivity index is 1.89. The van der Waals surface area contributed by atoms with Crippen molar-refractivity contribution in [1.82, 2.24) is 0 Å². The van der Waals surface area contributed by atoms with Crippen molar-refractivity contribution in [3.8, 4) is 0 Å². The second-order valence-electron chi connectivity index (χ2n) is 5.38. The molecule has 0 bridgehead atoms. The summed E-state index contributed by atoms with van der Waals surface area (Å²) in [6.07, 6.45) is 0. The summed E-state index contributed by atoms with van der Waals surface area (Å²) < 4.78 is 15.3. The van der Waals surface area contributed by atoms with Crippen LogP contribution in [0.15, 0.2) is 55.1 Å². The van der Waals surface area contributed by atoms with E-state index in [-0.39, 0.29) is 18.5 Å². The first kappa shape index (κ1) is 18.3. The molecule has 0 spiro atoms. The highest BCUT2D eigenvalue weighted by Crippen LogP contribution is 2.17. The molecule has 0 radical (unpaired) electrons. The van der Waals surface area contributed by atoms with Crippen molar-refractivity contribution in [2.45, 2.75) is 20.1 Å². The minimum atomic E-state index is -0.370. The van der Waals surface area contributed by atoms with E-state index in [4.69, 9.17) is 9.47 Å². The summed E-state index contributed by atoms with van der Waals surface area (Å²) in [5, 5.41) is 0. The summed E-state index contributed by atoms with van der Waals surface area (Å²) in [7, 11) is 1.35. The number of carbonyl (C=O) groups is 2. The van der Waals surface area contributed by atoms with E-state index in [1.54, 1.807) is 12.1 Å². The van der Waals surface area contributed by atoms with Crippen molar-refractivity contribution < 1.29 is 23.8 Å². The van der Waals surface area contributed by atoms with Crippen LogP contribution in [-0.2, 0) is 32.2 Å². The van der Waals surface area contributed by atoms with Crippen LogP contribution in [0.2, 0.25) is 0 Å². The van der Waals surface area contributed by atoms with Crippen LogP contribution in [0.5, 0.6) is 0 Å². The first-order chi connectivity index (χ1) is 12.0. The topological polar surface area (TPSA) is 61.8 Å². The van der Waals surface area contributed by atoms with E-state index in [1.165, 1.54) is 14.0 Å². The molecule has 0 aromatic heterocycles. The van der Waals surface area contributed by atoms with Crippen molar-refractivity contribution in [3.05, 3.63) is 77.4 Å². The zero-order chi connectivity index (χ0) is 18.2. The molecule has 0 aliphatic rings. The van der Waals surface area contributed by atoms with Gasteiger partial charge in [0.05, 0.1) is 12.7 Å². The van der Waals surface area contributed by atoms with Gasteiger partial charge in [0, 0.05) is 12.5 Å². The van der Waals surface area contributed by atoms with Crippen molar-refractivity contribution in [1.29, 1.82) is 0 Å². The summed E-state index contributed by atoms with van der Waals surface area (Å²) in [6, 6.07) is 14.4. The lowest BCUT2D eigenvalue weighted by Crippen LogP contribution is -2.01. The molecule has 2 aromatic rings. The Morgan fingerprint density at radius 2 is 1.32 bits per heavy atom. The molecule has 0 heterocycles. The maximum absolute atomic E-state index is 11.4. The minimum absolute atomic E-state index is 0.246. The molecule has 5 nitrogen and oxygen atoms in total. The van der Waals surface area contributed by atoms with Gasteiger partial charge in [-0.15, -0.1) is 0 Å². The fourth-order valence-electron chi connectivity index (χ4n) is 2.08. The summed E-state index contributed by atoms with van der Waals surface area (Å²) in [5.41, 5.74) is 3.15. The van der Waals surface area contributed by atoms with Gasteiger partial charge in [0.1, 0.15) is 19.0 Å². The SMILES string of the molecule is C=C(OCc1ccc(C(=O)OC)cc1)c1ccc(COC(C)=O)cc1. The first-order valence-electron chi connectivity index (χ1n) is 7.71. The normalized spacial score (nSPS) is 10.0. The molecule has 5 heteroatoms. The largest absolute Gasteiger partial charge is 0.489 e. The van der Waals surface area contributed by atoms with E-state index in [9.17, 15) is 9.59 Å². The second kappa shape index (κ2) is 8.68. The molecule has 2 rings (SSSR count). The van der Waals surface area contributed by atoms with E-state index < -0.39 is 0 Å². The third kappa shape index (κ3) is 5.49. The number of methoxy groups -OCH3 is 1. The van der Waals surface area contributed by atoms with Crippen LogP contribution in [0, 0.1) is 0 Å². The van der Waals surface area contributed by atoms with Gasteiger partial charge in [0.2, 0.25) is 0 Å². The fraction of sp³-hybridized carbons (Fsp3) is 0.200. The Morgan fingerprint density at radius 3 is 1.80 bits per heavy atom. The highest BCUT2D eigenvalue weighted by atomic mass is 16.5. The highest BCUT2D eigenvalue weighted by molar-refractivity contribution is 5.89. The lowest BCUT2D eigenvalue weighted by molar-refractivity contribution is -0.142. The third-order valence-corrected chi connectivity index (χ3v) is 3.51. The van der Waals surface area contributed by atoms with E-state index in [0.29, 0.717) is 17.9 Å². The summed E-state index contributed by atoms with van der Waals surface area (Å²) in [4.78, 5) is 22.2. The molecule has 0 aliphatic carbocycles. The van der Waals surface area contributed by atoms with Gasteiger partial charge < -0.3 is 14.2 Å². The zero-order valence-electron chi connectivity index (χ0n) is 14.3. The lowest BCUT2D eigenvalue weighted by atomic mass is 10.1. The molecule has 0 saturated heterocycles. The summed E-state index contributed by atoms with van der Waals surface area (Å²) >= 11 is 0. The predicted molar refractivity (Wildman–Crippen MR) is 93.5 cm³/mol. The van der Waals surface area contributed by atoms with E-state index in [1.807, 2.05) is 36.4 Å². The average molecular weight is 340 g/mol. The van der Waals surface area contributed by atoms with Gasteiger partial charge in [-0.05, 0) is 23.3 Å². The standard InChI is InChI=1S/C20H20O5/c1-14(18-8-4-17(5-9-18)13-25-15(2)21)24-12-16-6-10-19(11-7-16)20(22)23-3/h4-11H,1,12-13H2,2-3H3. The number of esters is 2. The van der Waals surface area contributed by atoms with Gasteiger partial charge >= 0.3 is 11.9 Å². The minimum Gasteiger partial charge on any atom is -0.489 e. The fourth-order valence-corrected chi connectivity index (χ4v) is 2.08. The molecular formula is C20H20O5. The molecule has 0 aliphatic heterocycles. The molecule has 0 atom stereocenters. The van der Waals surface area contributed by atoms with Crippen LogP contribution in [0.4, 0.5) is 0 Å². The van der Waals surface area contributed by atoms with Crippen LogP contribution in [-0.4, -0.2) is 19.0 Å². The van der Waals surface area contributed by atoms with Crippen LogP contribution in [0.1, 0.15) is 34.0 Å². The highest BCUT2D eigenvalue weighted by Gasteiger charge is 2.06. The molecule has 25 heavy (non-hydrogen) atoms. The van der Waals surface area contributed by atoms with Crippen LogP contribution in [0.3, 0.4) is 0 Å². The molecular weight excluding hydrogens is 320 g/mol. The maximum Gasteiger partial charge on any atom is 0.337 e. The van der Waals surface area contributed by atoms with Crippen molar-refractivity contribution in [2.75, 3.05) is 7.11 Å². The second-order valence-corrected chi connectivity index (χ2v) is 5.38. The Labute approximate surface area is 146 Å². The number of rotatable bonds is 7. The third-order valence-electron chi connectivity index (χ3n) is 3.51. The average Bonchev–Trinajstić information content (AvgIpc) is 2.64. The van der Waals surface area contributed by atoms with Gasteiger partial charge in [-0.25, -0.2) is 4.79 Å². The quantitative estimate of drug-likeness (QED) is 0.568. The summed E-state index contributed by atoms with van der Waals surface area (Å²) in [5.74, 6) is -0.142. The number of benzene rings is 2. The molecule has 0 unspecified atom stereocenters. The van der Waals surface area contributed by atoms with E-state index >= 15 is 0 Å². The van der Waals surface area contributed by atoms with E-state index in [2.05, 4.69) is 11.3 Å². The number of ether oxygens (including phenoxy) is 3. The van der Waals surface area contributed by atoms with Gasteiger partial charge in [0.25, 0.3) is 0 Å². The van der Waals surface area contributed by atoms with Gasteiger partial charge in [0.15, 0.2) is 0 Å². The Kier molecular flexibility index (Phi) is 6.34. The maximum atomic E-state index is 11.4. The smallest absolute Gasteiger partial charge is 0.337 e. The van der Waals surface area contributed by atoms with Crippen LogP contribution >= 0.6 is 0 Å². The van der Waals surface area contributed by atoms with Crippen LogP contribution < -0.4 is 0 Å². The zero-order valence-corrected chi connectivity index (χ0v) is 14.3. The van der Waals surface area contributed by atoms with Crippen molar-refractivity contribution in [3.63, 3.8) is 0 Å². The van der Waals surface area contributed by atoms with Gasteiger partial charge in [-0.2, -0.15) is 0 Å². The van der Waals surface area contributed by atoms with Gasteiger partial charge in [-0.3, -0.25) is 4.79 Å². The Hall–Kier alpha value is -3.08. The molecule has 130 valence electrons. The molecule has 2 aromatic carbocycles. The molecule has 0 amide bonds. The van der Waals surface area contributed by atoms with Crippen molar-refractivity contribution >= 4 is 17.7 Å². The van der Waals surface area contributed by atoms with E-state index in [0.717, 1.165) is 16.7 Å². The number of hydrogen-bond acceptors (Lipinski definition) is 5. The Bertz CT molecular complexity index is 745.